The van der Waals surface area contributed by atoms with Crippen LogP contribution in [-0.4, -0.2) is 51.5 Å². The number of amides is 1. The zero-order chi connectivity index (χ0) is 19.2. The van der Waals surface area contributed by atoms with Crippen LogP contribution >= 0.6 is 0 Å². The fourth-order valence-electron chi connectivity index (χ4n) is 2.60. The molecule has 1 N–H and O–H groups in total. The molecule has 0 aromatic heterocycles. The summed E-state index contributed by atoms with van der Waals surface area (Å²) in [5.41, 5.74) is 1.18. The topological polar surface area (TPSA) is 116 Å². The number of benzene rings is 1. The third kappa shape index (κ3) is 6.14. The van der Waals surface area contributed by atoms with Gasteiger partial charge in [0, 0.05) is 13.0 Å². The van der Waals surface area contributed by atoms with Crippen molar-refractivity contribution in [3.05, 3.63) is 35.4 Å². The molecular weight excluding hydrogens is 362 g/mol. The van der Waals surface area contributed by atoms with Crippen molar-refractivity contribution < 1.29 is 32.3 Å². The lowest BCUT2D eigenvalue weighted by molar-refractivity contribution is -0.149. The van der Waals surface area contributed by atoms with Gasteiger partial charge in [-0.05, 0) is 30.0 Å². The molecule has 0 aliphatic carbocycles. The Hall–Kier alpha value is -2.42. The summed E-state index contributed by atoms with van der Waals surface area (Å²) in [6.07, 6.45) is 0.451. The molecule has 0 radical (unpaired) electrons. The number of methoxy groups -OCH3 is 1. The van der Waals surface area contributed by atoms with Crippen molar-refractivity contribution in [3.8, 4) is 0 Å². The van der Waals surface area contributed by atoms with Gasteiger partial charge < -0.3 is 14.8 Å². The Morgan fingerprint density at radius 2 is 1.88 bits per heavy atom. The summed E-state index contributed by atoms with van der Waals surface area (Å²) in [6, 6.07) is 6.53. The van der Waals surface area contributed by atoms with Crippen LogP contribution in [0, 0.1) is 5.92 Å². The molecule has 1 aliphatic rings. The Labute approximate surface area is 151 Å². The molecule has 0 unspecified atom stereocenters. The molecule has 1 heterocycles. The Balaban J connectivity index is 1.68. The van der Waals surface area contributed by atoms with E-state index in [9.17, 15) is 22.8 Å². The lowest BCUT2D eigenvalue weighted by atomic mass is 10.1. The van der Waals surface area contributed by atoms with E-state index in [4.69, 9.17) is 4.74 Å². The lowest BCUT2D eigenvalue weighted by Gasteiger charge is -2.09. The number of sulfone groups is 1. The van der Waals surface area contributed by atoms with Gasteiger partial charge in [-0.3, -0.25) is 9.59 Å². The second-order valence-corrected chi connectivity index (χ2v) is 8.33. The minimum atomic E-state index is -3.04. The summed E-state index contributed by atoms with van der Waals surface area (Å²) in [5.74, 6) is -1.62. The fraction of sp³-hybridized carbons (Fsp3) is 0.471. The molecule has 0 saturated carbocycles. The Morgan fingerprint density at radius 3 is 2.46 bits per heavy atom. The van der Waals surface area contributed by atoms with E-state index in [2.05, 4.69) is 10.1 Å². The van der Waals surface area contributed by atoms with E-state index in [0.717, 1.165) is 5.56 Å². The summed E-state index contributed by atoms with van der Waals surface area (Å²) in [6.45, 7) is -0.197. The SMILES string of the molecule is COC(=O)c1ccc(CNC(=O)COC(=O)C[C@@H]2CCS(=O)(=O)C2)cc1. The molecule has 1 amide bonds. The molecule has 2 rings (SSSR count). The Morgan fingerprint density at radius 1 is 1.19 bits per heavy atom. The van der Waals surface area contributed by atoms with Crippen molar-refractivity contribution in [1.82, 2.24) is 5.32 Å². The first-order valence-corrected chi connectivity index (χ1v) is 9.91. The number of rotatable bonds is 7. The first-order valence-electron chi connectivity index (χ1n) is 8.09. The summed E-state index contributed by atoms with van der Waals surface area (Å²) in [7, 11) is -1.74. The van der Waals surface area contributed by atoms with E-state index in [0.29, 0.717) is 12.0 Å². The number of hydrogen-bond donors (Lipinski definition) is 1. The molecule has 1 fully saturated rings. The van der Waals surface area contributed by atoms with Gasteiger partial charge in [0.15, 0.2) is 16.4 Å². The van der Waals surface area contributed by atoms with Gasteiger partial charge in [0.25, 0.3) is 5.91 Å². The molecule has 1 aromatic rings. The van der Waals surface area contributed by atoms with Gasteiger partial charge in [-0.1, -0.05) is 12.1 Å². The van der Waals surface area contributed by atoms with Crippen LogP contribution in [0.1, 0.15) is 28.8 Å². The third-order valence-electron chi connectivity index (χ3n) is 4.01. The molecule has 142 valence electrons. The highest BCUT2D eigenvalue weighted by atomic mass is 32.2. The van der Waals surface area contributed by atoms with Gasteiger partial charge in [-0.25, -0.2) is 13.2 Å². The number of hydrogen-bond acceptors (Lipinski definition) is 7. The van der Waals surface area contributed by atoms with Gasteiger partial charge in [-0.2, -0.15) is 0 Å². The van der Waals surface area contributed by atoms with Crippen LogP contribution in [0.15, 0.2) is 24.3 Å². The normalized spacial score (nSPS) is 18.1. The molecule has 26 heavy (non-hydrogen) atoms. The van der Waals surface area contributed by atoms with Crippen LogP contribution in [-0.2, 0) is 35.4 Å². The highest BCUT2D eigenvalue weighted by molar-refractivity contribution is 7.91. The third-order valence-corrected chi connectivity index (χ3v) is 5.85. The van der Waals surface area contributed by atoms with E-state index in [1.54, 1.807) is 24.3 Å². The predicted octanol–water partition coefficient (Wildman–Crippen LogP) is 0.457. The van der Waals surface area contributed by atoms with Crippen molar-refractivity contribution in [1.29, 1.82) is 0 Å². The predicted molar refractivity (Wildman–Crippen MR) is 92.0 cm³/mol. The maximum atomic E-state index is 11.7. The zero-order valence-electron chi connectivity index (χ0n) is 14.4. The molecule has 1 atom stereocenters. The summed E-state index contributed by atoms with van der Waals surface area (Å²) in [5, 5.41) is 2.60. The number of esters is 2. The van der Waals surface area contributed by atoms with Gasteiger partial charge in [0.2, 0.25) is 0 Å². The Kier molecular flexibility index (Phi) is 6.73. The molecule has 8 nitrogen and oxygen atoms in total. The minimum Gasteiger partial charge on any atom is -0.465 e. The second kappa shape index (κ2) is 8.79. The fourth-order valence-corrected chi connectivity index (χ4v) is 4.46. The standard InChI is InChI=1S/C17H21NO7S/c1-24-17(21)14-4-2-12(3-5-14)9-18-15(19)10-25-16(20)8-13-6-7-26(22,23)11-13/h2-5,13H,6-11H2,1H3,(H,18,19)/t13-/m0/s1. The van der Waals surface area contributed by atoms with Crippen molar-refractivity contribution >= 4 is 27.7 Å². The highest BCUT2D eigenvalue weighted by Gasteiger charge is 2.29. The van der Waals surface area contributed by atoms with E-state index in [1.807, 2.05) is 0 Å². The van der Waals surface area contributed by atoms with Crippen molar-refractivity contribution in [2.45, 2.75) is 19.4 Å². The Bertz CT molecular complexity index is 771. The first kappa shape index (κ1) is 19.9. The van der Waals surface area contributed by atoms with E-state index < -0.39 is 34.3 Å². The minimum absolute atomic E-state index is 0.00149. The van der Waals surface area contributed by atoms with Crippen molar-refractivity contribution in [3.63, 3.8) is 0 Å². The van der Waals surface area contributed by atoms with Crippen molar-refractivity contribution in [2.24, 2.45) is 5.92 Å². The van der Waals surface area contributed by atoms with Crippen LogP contribution in [0.2, 0.25) is 0 Å². The summed E-state index contributed by atoms with van der Waals surface area (Å²) < 4.78 is 32.2. The van der Waals surface area contributed by atoms with Crippen LogP contribution in [0.25, 0.3) is 0 Å². The van der Waals surface area contributed by atoms with Gasteiger partial charge in [0.1, 0.15) is 0 Å². The molecular formula is C17H21NO7S. The van der Waals surface area contributed by atoms with Gasteiger partial charge in [-0.15, -0.1) is 0 Å². The van der Waals surface area contributed by atoms with Crippen LogP contribution in [0.5, 0.6) is 0 Å². The molecule has 1 aliphatic heterocycles. The second-order valence-electron chi connectivity index (χ2n) is 6.10. The molecule has 1 saturated heterocycles. The van der Waals surface area contributed by atoms with Gasteiger partial charge >= 0.3 is 11.9 Å². The lowest BCUT2D eigenvalue weighted by Crippen LogP contribution is -2.28. The van der Waals surface area contributed by atoms with E-state index >= 15 is 0 Å². The average Bonchev–Trinajstić information content (AvgIpc) is 2.96. The summed E-state index contributed by atoms with van der Waals surface area (Å²) >= 11 is 0. The van der Waals surface area contributed by atoms with E-state index in [1.165, 1.54) is 7.11 Å². The van der Waals surface area contributed by atoms with Crippen LogP contribution in [0.4, 0.5) is 0 Å². The average molecular weight is 383 g/mol. The molecule has 9 heteroatoms. The quantitative estimate of drug-likeness (QED) is 0.680. The van der Waals surface area contributed by atoms with Gasteiger partial charge in [0.05, 0.1) is 24.2 Å². The maximum Gasteiger partial charge on any atom is 0.337 e. The van der Waals surface area contributed by atoms with E-state index in [-0.39, 0.29) is 30.4 Å². The number of carbonyl (C=O) groups excluding carboxylic acids is 3. The molecule has 0 spiro atoms. The monoisotopic (exact) mass is 383 g/mol. The van der Waals surface area contributed by atoms with Crippen LogP contribution < -0.4 is 5.32 Å². The maximum absolute atomic E-state index is 11.7. The highest BCUT2D eigenvalue weighted by Crippen LogP contribution is 2.21. The largest absolute Gasteiger partial charge is 0.465 e. The molecule has 1 aromatic carbocycles. The van der Waals surface area contributed by atoms with Crippen molar-refractivity contribution in [2.75, 3.05) is 25.2 Å². The van der Waals surface area contributed by atoms with Crippen LogP contribution in [0.3, 0.4) is 0 Å². The number of nitrogens with one attached hydrogen (secondary N) is 1. The first-order chi connectivity index (χ1) is 12.3. The number of carbonyl (C=O) groups is 3. The molecule has 0 bridgehead atoms. The summed E-state index contributed by atoms with van der Waals surface area (Å²) in [4.78, 5) is 34.7. The zero-order valence-corrected chi connectivity index (χ0v) is 15.2. The smallest absolute Gasteiger partial charge is 0.337 e. The number of ether oxygens (including phenoxy) is 2.